The van der Waals surface area contributed by atoms with E-state index >= 15 is 0 Å². The summed E-state index contributed by atoms with van der Waals surface area (Å²) in [6.45, 7) is 7.47. The third-order valence-electron chi connectivity index (χ3n) is 2.65. The fraction of sp³-hybridized carbons (Fsp3) is 0.571. The van der Waals surface area contributed by atoms with Gasteiger partial charge in [-0.25, -0.2) is 4.98 Å². The van der Waals surface area contributed by atoms with E-state index in [1.54, 1.807) is 13.1 Å². The van der Waals surface area contributed by atoms with Gasteiger partial charge in [-0.05, 0) is 18.9 Å². The predicted octanol–water partition coefficient (Wildman–Crippen LogP) is 2.51. The molecule has 0 bridgehead atoms. The minimum absolute atomic E-state index is 0.461. The lowest BCUT2D eigenvalue weighted by Crippen LogP contribution is -2.30. The molecule has 0 aromatic carbocycles. The SMILES string of the molecule is CC(C)CN(CCC#N)c1ncccc1[C@@H](C)O. The van der Waals surface area contributed by atoms with Gasteiger partial charge in [-0.1, -0.05) is 19.9 Å². The van der Waals surface area contributed by atoms with Crippen LogP contribution >= 0.6 is 0 Å². The van der Waals surface area contributed by atoms with Crippen LogP contribution in [-0.4, -0.2) is 23.2 Å². The van der Waals surface area contributed by atoms with Crippen molar-refractivity contribution in [2.75, 3.05) is 18.0 Å². The topological polar surface area (TPSA) is 60.2 Å². The van der Waals surface area contributed by atoms with Crippen LogP contribution in [0, 0.1) is 17.2 Å². The second-order valence-electron chi connectivity index (χ2n) is 4.84. The van der Waals surface area contributed by atoms with Gasteiger partial charge in [-0.3, -0.25) is 0 Å². The number of hydrogen-bond acceptors (Lipinski definition) is 4. The lowest BCUT2D eigenvalue weighted by Gasteiger charge is -2.27. The largest absolute Gasteiger partial charge is 0.389 e. The standard InChI is InChI=1S/C14H21N3O/c1-11(2)10-17(9-5-7-15)14-13(12(3)18)6-4-8-16-14/h4,6,8,11-12,18H,5,9-10H2,1-3H3/t12-/m1/s1. The van der Waals surface area contributed by atoms with E-state index < -0.39 is 6.10 Å². The summed E-state index contributed by atoms with van der Waals surface area (Å²) in [6, 6.07) is 5.86. The van der Waals surface area contributed by atoms with Crippen LogP contribution in [0.2, 0.25) is 0 Å². The van der Waals surface area contributed by atoms with Gasteiger partial charge in [0.25, 0.3) is 0 Å². The first-order valence-corrected chi connectivity index (χ1v) is 6.31. The van der Waals surface area contributed by atoms with Crippen molar-refractivity contribution in [1.82, 2.24) is 4.98 Å². The Morgan fingerprint density at radius 3 is 2.72 bits per heavy atom. The molecular weight excluding hydrogens is 226 g/mol. The van der Waals surface area contributed by atoms with Crippen molar-refractivity contribution in [1.29, 1.82) is 5.26 Å². The zero-order chi connectivity index (χ0) is 13.5. The molecule has 0 aliphatic heterocycles. The van der Waals surface area contributed by atoms with Crippen molar-refractivity contribution in [3.05, 3.63) is 23.9 Å². The Morgan fingerprint density at radius 1 is 1.44 bits per heavy atom. The molecule has 0 amide bonds. The molecule has 0 saturated carbocycles. The summed E-state index contributed by atoms with van der Waals surface area (Å²) < 4.78 is 0. The number of hydrogen-bond donors (Lipinski definition) is 1. The number of nitriles is 1. The van der Waals surface area contributed by atoms with Crippen LogP contribution in [0.1, 0.15) is 38.9 Å². The summed E-state index contributed by atoms with van der Waals surface area (Å²) in [4.78, 5) is 6.44. The van der Waals surface area contributed by atoms with Crippen LogP contribution in [0.4, 0.5) is 5.82 Å². The molecule has 0 aliphatic rings. The lowest BCUT2D eigenvalue weighted by molar-refractivity contribution is 0.199. The molecule has 1 rings (SSSR count). The molecule has 0 saturated heterocycles. The molecule has 0 spiro atoms. The molecule has 1 N–H and O–H groups in total. The van der Waals surface area contributed by atoms with E-state index in [1.807, 2.05) is 12.1 Å². The summed E-state index contributed by atoms with van der Waals surface area (Å²) >= 11 is 0. The van der Waals surface area contributed by atoms with Crippen LogP contribution in [0.15, 0.2) is 18.3 Å². The molecule has 1 aromatic heterocycles. The second-order valence-corrected chi connectivity index (χ2v) is 4.84. The Morgan fingerprint density at radius 2 is 2.17 bits per heavy atom. The maximum atomic E-state index is 9.78. The summed E-state index contributed by atoms with van der Waals surface area (Å²) in [5.41, 5.74) is 0.816. The van der Waals surface area contributed by atoms with Crippen LogP contribution in [-0.2, 0) is 0 Å². The van der Waals surface area contributed by atoms with Crippen molar-refractivity contribution < 1.29 is 5.11 Å². The minimum Gasteiger partial charge on any atom is -0.389 e. The molecular formula is C14H21N3O. The highest BCUT2D eigenvalue weighted by Gasteiger charge is 2.16. The number of aliphatic hydroxyl groups excluding tert-OH is 1. The van der Waals surface area contributed by atoms with E-state index in [2.05, 4.69) is 29.8 Å². The first kappa shape index (κ1) is 14.5. The Kier molecular flexibility index (Phi) is 5.60. The molecule has 0 aliphatic carbocycles. The van der Waals surface area contributed by atoms with Crippen molar-refractivity contribution >= 4 is 5.82 Å². The first-order chi connectivity index (χ1) is 8.56. The van der Waals surface area contributed by atoms with Gasteiger partial charge in [-0.2, -0.15) is 5.26 Å². The molecule has 0 radical (unpaired) electrons. The molecule has 1 atom stereocenters. The predicted molar refractivity (Wildman–Crippen MR) is 72.2 cm³/mol. The van der Waals surface area contributed by atoms with Crippen molar-refractivity contribution in [3.8, 4) is 6.07 Å². The van der Waals surface area contributed by atoms with Crippen molar-refractivity contribution in [2.24, 2.45) is 5.92 Å². The molecule has 4 heteroatoms. The number of rotatable bonds is 6. The van der Waals surface area contributed by atoms with Gasteiger partial charge in [0.2, 0.25) is 0 Å². The third-order valence-corrected chi connectivity index (χ3v) is 2.65. The highest BCUT2D eigenvalue weighted by molar-refractivity contribution is 5.47. The van der Waals surface area contributed by atoms with Crippen molar-refractivity contribution in [2.45, 2.75) is 33.3 Å². The van der Waals surface area contributed by atoms with Crippen LogP contribution in [0.25, 0.3) is 0 Å². The summed E-state index contributed by atoms with van der Waals surface area (Å²) in [7, 11) is 0. The molecule has 0 unspecified atom stereocenters. The molecule has 1 heterocycles. The molecule has 1 aromatic rings. The van der Waals surface area contributed by atoms with Crippen LogP contribution in [0.3, 0.4) is 0 Å². The molecule has 0 fully saturated rings. The number of pyridine rings is 1. The second kappa shape index (κ2) is 6.97. The first-order valence-electron chi connectivity index (χ1n) is 6.31. The van der Waals surface area contributed by atoms with Gasteiger partial charge in [-0.15, -0.1) is 0 Å². The van der Waals surface area contributed by atoms with E-state index in [-0.39, 0.29) is 0 Å². The van der Waals surface area contributed by atoms with Crippen LogP contribution in [0.5, 0.6) is 0 Å². The van der Waals surface area contributed by atoms with Crippen molar-refractivity contribution in [3.63, 3.8) is 0 Å². The maximum Gasteiger partial charge on any atom is 0.134 e. The Labute approximate surface area is 109 Å². The number of aromatic nitrogens is 1. The average molecular weight is 247 g/mol. The fourth-order valence-electron chi connectivity index (χ4n) is 1.91. The lowest BCUT2D eigenvalue weighted by atomic mass is 10.1. The van der Waals surface area contributed by atoms with Gasteiger partial charge in [0.1, 0.15) is 5.82 Å². The van der Waals surface area contributed by atoms with Gasteiger partial charge in [0, 0.05) is 24.8 Å². The quantitative estimate of drug-likeness (QED) is 0.839. The number of nitrogens with zero attached hydrogens (tertiary/aromatic N) is 3. The zero-order valence-electron chi connectivity index (χ0n) is 11.3. The minimum atomic E-state index is -0.551. The number of anilines is 1. The zero-order valence-corrected chi connectivity index (χ0v) is 11.3. The monoisotopic (exact) mass is 247 g/mol. The van der Waals surface area contributed by atoms with E-state index in [4.69, 9.17) is 5.26 Å². The fourth-order valence-corrected chi connectivity index (χ4v) is 1.91. The third kappa shape index (κ3) is 4.01. The summed E-state index contributed by atoms with van der Waals surface area (Å²) in [5, 5.41) is 18.5. The normalized spacial score (nSPS) is 12.2. The smallest absolute Gasteiger partial charge is 0.134 e. The number of aliphatic hydroxyl groups is 1. The average Bonchev–Trinajstić information content (AvgIpc) is 2.34. The summed E-state index contributed by atoms with van der Waals surface area (Å²) in [6.07, 6.45) is 1.63. The Bertz CT molecular complexity index is 410. The molecule has 98 valence electrons. The van der Waals surface area contributed by atoms with Crippen LogP contribution < -0.4 is 4.90 Å². The Hall–Kier alpha value is -1.60. The molecule has 4 nitrogen and oxygen atoms in total. The van der Waals surface area contributed by atoms with Gasteiger partial charge < -0.3 is 10.0 Å². The maximum absolute atomic E-state index is 9.78. The van der Waals surface area contributed by atoms with Gasteiger partial charge >= 0.3 is 0 Å². The Balaban J connectivity index is 3.00. The van der Waals surface area contributed by atoms with E-state index in [0.717, 1.165) is 17.9 Å². The van der Waals surface area contributed by atoms with E-state index in [1.165, 1.54) is 0 Å². The van der Waals surface area contributed by atoms with Gasteiger partial charge in [0.15, 0.2) is 0 Å². The highest BCUT2D eigenvalue weighted by atomic mass is 16.3. The van der Waals surface area contributed by atoms with Gasteiger partial charge in [0.05, 0.1) is 18.6 Å². The highest BCUT2D eigenvalue weighted by Crippen LogP contribution is 2.24. The molecule has 18 heavy (non-hydrogen) atoms. The van der Waals surface area contributed by atoms with E-state index in [9.17, 15) is 5.11 Å². The summed E-state index contributed by atoms with van der Waals surface area (Å²) in [5.74, 6) is 1.27. The van der Waals surface area contributed by atoms with E-state index in [0.29, 0.717) is 18.9 Å².